The normalized spacial score (nSPS) is 10.3. The van der Waals surface area contributed by atoms with Crippen LogP contribution in [0.3, 0.4) is 0 Å². The first-order chi connectivity index (χ1) is 8.45. The molecular weight excluding hydrogens is 230 g/mol. The van der Waals surface area contributed by atoms with Crippen molar-refractivity contribution < 1.29 is 4.79 Å². The molecule has 1 heterocycles. The molecule has 6 nitrogen and oxygen atoms in total. The van der Waals surface area contributed by atoms with Crippen molar-refractivity contribution in [3.63, 3.8) is 0 Å². The largest absolute Gasteiger partial charge is 0.399 e. The van der Waals surface area contributed by atoms with Crippen LogP contribution in [0.2, 0.25) is 0 Å². The topological polar surface area (TPSA) is 99.0 Å². The molecule has 1 aromatic heterocycles. The van der Waals surface area contributed by atoms with Crippen molar-refractivity contribution in [1.29, 1.82) is 0 Å². The third kappa shape index (κ3) is 2.42. The smallest absolute Gasteiger partial charge is 0.256 e. The summed E-state index contributed by atoms with van der Waals surface area (Å²) in [4.78, 5) is 12.0. The van der Waals surface area contributed by atoms with Crippen LogP contribution in [0.4, 0.5) is 17.2 Å². The molecule has 0 aliphatic heterocycles. The molecule has 0 aliphatic carbocycles. The molecule has 0 saturated carbocycles. The number of benzene rings is 1. The number of hydrogen-bond acceptors (Lipinski definition) is 4. The summed E-state index contributed by atoms with van der Waals surface area (Å²) in [6.45, 7) is 1.86. The molecule has 0 radical (unpaired) electrons. The summed E-state index contributed by atoms with van der Waals surface area (Å²) in [5.74, 6) is 0.357. The van der Waals surface area contributed by atoms with Crippen molar-refractivity contribution in [2.75, 3.05) is 16.8 Å². The highest BCUT2D eigenvalue weighted by Gasteiger charge is 2.10. The Balaban J connectivity index is 2.24. The lowest BCUT2D eigenvalue weighted by atomic mass is 10.1. The van der Waals surface area contributed by atoms with Gasteiger partial charge in [-0.25, -0.2) is 0 Å². The number of hydrogen-bond donors (Lipinski definition) is 3. The lowest BCUT2D eigenvalue weighted by Crippen LogP contribution is -2.15. The van der Waals surface area contributed by atoms with E-state index in [4.69, 9.17) is 11.5 Å². The minimum atomic E-state index is -0.267. The van der Waals surface area contributed by atoms with Gasteiger partial charge in [0.05, 0.1) is 5.69 Å². The van der Waals surface area contributed by atoms with E-state index in [2.05, 4.69) is 10.4 Å². The van der Waals surface area contributed by atoms with E-state index in [9.17, 15) is 4.79 Å². The molecule has 0 aliphatic rings. The first-order valence-electron chi connectivity index (χ1n) is 5.44. The van der Waals surface area contributed by atoms with E-state index < -0.39 is 0 Å². The number of carbonyl (C=O) groups excluding carboxylic acids is 1. The first-order valence-corrected chi connectivity index (χ1v) is 5.44. The number of nitrogens with one attached hydrogen (secondary N) is 1. The number of aromatic nitrogens is 2. The number of nitrogens with two attached hydrogens (primary N) is 2. The van der Waals surface area contributed by atoms with Gasteiger partial charge in [-0.1, -0.05) is 0 Å². The second-order valence-corrected chi connectivity index (χ2v) is 4.14. The molecular formula is C12H15N5O. The fourth-order valence-electron chi connectivity index (χ4n) is 1.72. The van der Waals surface area contributed by atoms with Gasteiger partial charge in [-0.3, -0.25) is 9.48 Å². The maximum Gasteiger partial charge on any atom is 0.256 e. The number of rotatable bonds is 2. The molecule has 94 valence electrons. The first kappa shape index (κ1) is 12.0. The van der Waals surface area contributed by atoms with E-state index in [1.165, 1.54) is 0 Å². The quantitative estimate of drug-likeness (QED) is 0.691. The summed E-state index contributed by atoms with van der Waals surface area (Å²) in [5, 5.41) is 6.90. The Morgan fingerprint density at radius 3 is 2.33 bits per heavy atom. The highest BCUT2D eigenvalue weighted by atomic mass is 16.1. The second kappa shape index (κ2) is 4.40. The van der Waals surface area contributed by atoms with Gasteiger partial charge in [0.25, 0.3) is 5.91 Å². The average Bonchev–Trinajstić information content (AvgIpc) is 2.56. The molecule has 0 spiro atoms. The van der Waals surface area contributed by atoms with Crippen molar-refractivity contribution in [3.05, 3.63) is 35.5 Å². The minimum absolute atomic E-state index is 0.267. The maximum absolute atomic E-state index is 12.0. The van der Waals surface area contributed by atoms with E-state index in [1.54, 1.807) is 36.0 Å². The summed E-state index contributed by atoms with van der Waals surface area (Å²) in [7, 11) is 1.76. The zero-order chi connectivity index (χ0) is 13.3. The van der Waals surface area contributed by atoms with Gasteiger partial charge in [0.2, 0.25) is 0 Å². The third-order valence-electron chi connectivity index (χ3n) is 2.48. The molecule has 0 unspecified atom stereocenters. The molecule has 2 aromatic rings. The van der Waals surface area contributed by atoms with Crippen LogP contribution in [0.25, 0.3) is 0 Å². The number of nitrogens with zero attached hydrogens (tertiary/aromatic N) is 2. The zero-order valence-corrected chi connectivity index (χ0v) is 10.3. The van der Waals surface area contributed by atoms with Crippen molar-refractivity contribution in [2.45, 2.75) is 6.92 Å². The summed E-state index contributed by atoms with van der Waals surface area (Å²) >= 11 is 0. The third-order valence-corrected chi connectivity index (χ3v) is 2.48. The van der Waals surface area contributed by atoms with Crippen LogP contribution in [-0.4, -0.2) is 15.7 Å². The zero-order valence-electron chi connectivity index (χ0n) is 10.3. The van der Waals surface area contributed by atoms with Crippen molar-refractivity contribution >= 4 is 23.1 Å². The molecule has 5 N–H and O–H groups in total. The average molecular weight is 245 g/mol. The van der Waals surface area contributed by atoms with Crippen LogP contribution in [0.5, 0.6) is 0 Å². The van der Waals surface area contributed by atoms with E-state index >= 15 is 0 Å². The molecule has 18 heavy (non-hydrogen) atoms. The van der Waals surface area contributed by atoms with Gasteiger partial charge in [-0.15, -0.1) is 0 Å². The molecule has 0 bridgehead atoms. The highest BCUT2D eigenvalue weighted by Crippen LogP contribution is 2.16. The minimum Gasteiger partial charge on any atom is -0.399 e. The van der Waals surface area contributed by atoms with Crippen LogP contribution < -0.4 is 16.8 Å². The molecule has 0 atom stereocenters. The van der Waals surface area contributed by atoms with Gasteiger partial charge < -0.3 is 16.8 Å². The number of carbonyl (C=O) groups is 1. The Labute approximate surface area is 105 Å². The summed E-state index contributed by atoms with van der Waals surface area (Å²) < 4.78 is 1.60. The Kier molecular flexibility index (Phi) is 2.93. The molecule has 1 aromatic carbocycles. The Morgan fingerprint density at radius 2 is 1.83 bits per heavy atom. The van der Waals surface area contributed by atoms with E-state index in [-0.39, 0.29) is 5.91 Å². The highest BCUT2D eigenvalue weighted by molar-refractivity contribution is 6.05. The molecule has 0 saturated heterocycles. The van der Waals surface area contributed by atoms with E-state index in [0.29, 0.717) is 22.8 Å². The van der Waals surface area contributed by atoms with Crippen LogP contribution in [0.1, 0.15) is 16.1 Å². The Bertz CT molecular complexity index is 582. The van der Waals surface area contributed by atoms with Gasteiger partial charge in [-0.2, -0.15) is 5.10 Å². The number of aryl methyl sites for hydroxylation is 2. The predicted molar refractivity (Wildman–Crippen MR) is 71.2 cm³/mol. The summed E-state index contributed by atoms with van der Waals surface area (Å²) in [6.07, 6.45) is 0. The van der Waals surface area contributed by atoms with Crippen molar-refractivity contribution in [3.8, 4) is 0 Å². The van der Waals surface area contributed by atoms with Crippen LogP contribution in [0.15, 0.2) is 24.3 Å². The molecule has 6 heteroatoms. The monoisotopic (exact) mass is 245 g/mol. The van der Waals surface area contributed by atoms with Crippen LogP contribution >= 0.6 is 0 Å². The SMILES string of the molecule is Cc1cc(NC(=O)c2cc(N)cc(N)c2)n(C)n1. The van der Waals surface area contributed by atoms with E-state index in [1.807, 2.05) is 6.92 Å². The van der Waals surface area contributed by atoms with E-state index in [0.717, 1.165) is 5.69 Å². The fraction of sp³-hybridized carbons (Fsp3) is 0.167. The Hall–Kier alpha value is -2.50. The van der Waals surface area contributed by atoms with Crippen LogP contribution in [0, 0.1) is 6.92 Å². The van der Waals surface area contributed by atoms with Gasteiger partial charge in [0.15, 0.2) is 0 Å². The number of nitrogen functional groups attached to an aromatic ring is 2. The van der Waals surface area contributed by atoms with Gasteiger partial charge in [-0.05, 0) is 25.1 Å². The van der Waals surface area contributed by atoms with Crippen molar-refractivity contribution in [1.82, 2.24) is 9.78 Å². The number of anilines is 3. The van der Waals surface area contributed by atoms with Gasteiger partial charge in [0.1, 0.15) is 5.82 Å². The van der Waals surface area contributed by atoms with Gasteiger partial charge in [0, 0.05) is 30.1 Å². The van der Waals surface area contributed by atoms with Crippen molar-refractivity contribution in [2.24, 2.45) is 7.05 Å². The lowest BCUT2D eigenvalue weighted by molar-refractivity contribution is 0.102. The molecule has 0 fully saturated rings. The second-order valence-electron chi connectivity index (χ2n) is 4.14. The van der Waals surface area contributed by atoms with Gasteiger partial charge >= 0.3 is 0 Å². The predicted octanol–water partition coefficient (Wildman–Crippen LogP) is 1.15. The van der Waals surface area contributed by atoms with Crippen LogP contribution in [-0.2, 0) is 7.05 Å². The summed E-state index contributed by atoms with van der Waals surface area (Å²) in [6, 6.07) is 6.54. The number of amides is 1. The standard InChI is InChI=1S/C12H15N5O/c1-7-3-11(17(2)16-7)15-12(18)8-4-9(13)6-10(14)5-8/h3-6H,13-14H2,1-2H3,(H,15,18). The maximum atomic E-state index is 12.0. The fourth-order valence-corrected chi connectivity index (χ4v) is 1.72. The summed E-state index contributed by atoms with van der Waals surface area (Å²) in [5.41, 5.74) is 13.5. The molecule has 2 rings (SSSR count). The lowest BCUT2D eigenvalue weighted by Gasteiger charge is -2.06. The molecule has 1 amide bonds. The Morgan fingerprint density at radius 1 is 1.22 bits per heavy atom.